The predicted octanol–water partition coefficient (Wildman–Crippen LogP) is 7.81. The summed E-state index contributed by atoms with van der Waals surface area (Å²) in [6, 6.07) is 30.5. The molecule has 1 aliphatic heterocycles. The summed E-state index contributed by atoms with van der Waals surface area (Å²) in [4.78, 5) is 27.4. The van der Waals surface area contributed by atoms with Crippen LogP contribution in [0, 0.1) is 11.3 Å². The van der Waals surface area contributed by atoms with Crippen LogP contribution in [0.3, 0.4) is 0 Å². The first-order valence-electron chi connectivity index (χ1n) is 13.8. The molecule has 1 atom stereocenters. The van der Waals surface area contributed by atoms with Crippen LogP contribution < -0.4 is 20.7 Å². The summed E-state index contributed by atoms with van der Waals surface area (Å²) in [7, 11) is 0. The highest BCUT2D eigenvalue weighted by Crippen LogP contribution is 2.47. The van der Waals surface area contributed by atoms with Crippen molar-refractivity contribution in [3.05, 3.63) is 129 Å². The van der Waals surface area contributed by atoms with Gasteiger partial charge in [0.2, 0.25) is 5.91 Å². The molecule has 0 bridgehead atoms. The van der Waals surface area contributed by atoms with E-state index in [1.54, 1.807) is 0 Å². The molecule has 2 amide bonds. The fraction of sp³-hybridized carbons (Fsp3) is 0.147. The number of benzene rings is 3. The number of nitrogens with one attached hydrogen (secondary N) is 3. The van der Waals surface area contributed by atoms with Crippen LogP contribution in [0.2, 0.25) is 0 Å². The first-order chi connectivity index (χ1) is 21.0. The number of para-hydroxylation sites is 2. The zero-order chi connectivity index (χ0) is 30.2. The number of amides is 2. The van der Waals surface area contributed by atoms with Gasteiger partial charge >= 0.3 is 0 Å². The van der Waals surface area contributed by atoms with Gasteiger partial charge in [-0.15, -0.1) is 11.3 Å². The Morgan fingerprint density at radius 2 is 1.70 bits per heavy atom. The highest BCUT2D eigenvalue weighted by atomic mass is 32.2. The molecule has 0 spiro atoms. The van der Waals surface area contributed by atoms with Gasteiger partial charge in [0.1, 0.15) is 11.5 Å². The minimum Gasteiger partial charge on any atom is -0.456 e. The van der Waals surface area contributed by atoms with Gasteiger partial charge in [-0.2, -0.15) is 5.26 Å². The second-order valence-corrected chi connectivity index (χ2v) is 11.7. The van der Waals surface area contributed by atoms with E-state index in [9.17, 15) is 14.9 Å². The van der Waals surface area contributed by atoms with Crippen LogP contribution in [0.15, 0.2) is 118 Å². The number of carbonyl (C=O) groups excluding carboxylic acids is 2. The number of carbonyl (C=O) groups is 2. The number of hydrogen-bond donors (Lipinski definition) is 3. The van der Waals surface area contributed by atoms with Gasteiger partial charge in [-0.25, -0.2) is 0 Å². The zero-order valence-corrected chi connectivity index (χ0v) is 25.4. The van der Waals surface area contributed by atoms with Gasteiger partial charge in [0.05, 0.1) is 33.2 Å². The Kier molecular flexibility index (Phi) is 9.62. The Hall–Kier alpha value is -4.78. The number of ether oxygens (including phenoxy) is 1. The number of nitriles is 1. The van der Waals surface area contributed by atoms with Gasteiger partial charge < -0.3 is 20.7 Å². The predicted molar refractivity (Wildman–Crippen MR) is 174 cm³/mol. The van der Waals surface area contributed by atoms with Gasteiger partial charge in [-0.1, -0.05) is 67.2 Å². The molecular weight excluding hydrogens is 577 g/mol. The lowest BCUT2D eigenvalue weighted by Gasteiger charge is -2.29. The van der Waals surface area contributed by atoms with Crippen molar-refractivity contribution in [3.63, 3.8) is 0 Å². The summed E-state index contributed by atoms with van der Waals surface area (Å²) in [6.07, 6.45) is 0.868. The number of thiophene rings is 1. The molecule has 0 saturated carbocycles. The number of thioether (sulfide) groups is 1. The number of rotatable bonds is 10. The van der Waals surface area contributed by atoms with Crippen molar-refractivity contribution in [2.75, 3.05) is 16.4 Å². The van der Waals surface area contributed by atoms with E-state index in [1.165, 1.54) is 23.1 Å². The van der Waals surface area contributed by atoms with Gasteiger partial charge in [-0.05, 0) is 66.8 Å². The van der Waals surface area contributed by atoms with Crippen molar-refractivity contribution in [1.29, 1.82) is 5.26 Å². The van der Waals surface area contributed by atoms with Crippen molar-refractivity contribution < 1.29 is 14.3 Å². The molecule has 1 unspecified atom stereocenters. The summed E-state index contributed by atoms with van der Waals surface area (Å²) in [6.45, 7) is 3.87. The average Bonchev–Trinajstić information content (AvgIpc) is 3.48. The quantitative estimate of drug-likeness (QED) is 0.170. The fourth-order valence-electron chi connectivity index (χ4n) is 4.73. The number of hydrogen-bond acceptors (Lipinski definition) is 7. The maximum Gasteiger partial charge on any atom is 0.254 e. The first-order valence-corrected chi connectivity index (χ1v) is 15.6. The Morgan fingerprint density at radius 1 is 0.977 bits per heavy atom. The summed E-state index contributed by atoms with van der Waals surface area (Å²) in [5, 5.41) is 22.1. The van der Waals surface area contributed by atoms with E-state index in [-0.39, 0.29) is 17.6 Å². The van der Waals surface area contributed by atoms with Gasteiger partial charge in [-0.3, -0.25) is 9.59 Å². The molecule has 3 N–H and O–H groups in total. The third-order valence-electron chi connectivity index (χ3n) is 6.78. The SMILES string of the molecule is CCc1cccc(NC(=O)CSC2=C(C#N)C(c3sccc3Oc3ccccc3)C(C(=O)Nc3ccccc3)=C(C)N2)c1. The maximum absolute atomic E-state index is 13.8. The lowest BCUT2D eigenvalue weighted by molar-refractivity contribution is -0.114. The van der Waals surface area contributed by atoms with Crippen LogP contribution in [0.4, 0.5) is 11.4 Å². The van der Waals surface area contributed by atoms with E-state index in [4.69, 9.17) is 4.74 Å². The fourth-order valence-corrected chi connectivity index (χ4v) is 6.56. The molecular formula is C34H30N4O3S2. The van der Waals surface area contributed by atoms with Crippen LogP contribution >= 0.6 is 23.1 Å². The molecule has 0 aliphatic carbocycles. The summed E-state index contributed by atoms with van der Waals surface area (Å²) in [5.74, 6) is 0.0539. The average molecular weight is 607 g/mol. The van der Waals surface area contributed by atoms with Crippen LogP contribution in [0.5, 0.6) is 11.5 Å². The molecule has 3 aromatic carbocycles. The molecule has 216 valence electrons. The smallest absolute Gasteiger partial charge is 0.254 e. The van der Waals surface area contributed by atoms with E-state index >= 15 is 0 Å². The molecule has 1 aromatic heterocycles. The van der Waals surface area contributed by atoms with E-state index in [0.717, 1.165) is 22.5 Å². The number of aryl methyl sites for hydroxylation is 1. The normalized spacial score (nSPS) is 14.5. The molecule has 0 saturated heterocycles. The largest absolute Gasteiger partial charge is 0.456 e. The standard InChI is InChI=1S/C34H30N4O3S2/c1-3-23-11-10-14-25(19-23)37-29(39)21-43-34-27(20-35)31(32-28(17-18-42-32)41-26-15-8-5-9-16-26)30(22(2)36-34)33(40)38-24-12-6-4-7-13-24/h4-19,31,36H,3,21H2,1-2H3,(H,37,39)(H,38,40). The van der Waals surface area contributed by atoms with Gasteiger partial charge in [0, 0.05) is 22.6 Å². The van der Waals surface area contributed by atoms with E-state index in [2.05, 4.69) is 28.9 Å². The molecule has 43 heavy (non-hydrogen) atoms. The lowest BCUT2D eigenvalue weighted by atomic mass is 9.86. The summed E-state index contributed by atoms with van der Waals surface area (Å²) in [5.41, 5.74) is 3.84. The van der Waals surface area contributed by atoms with Crippen molar-refractivity contribution in [3.8, 4) is 17.6 Å². The second-order valence-electron chi connectivity index (χ2n) is 9.73. The minimum atomic E-state index is -0.708. The third-order valence-corrected chi connectivity index (χ3v) is 8.76. The van der Waals surface area contributed by atoms with Gasteiger partial charge in [0.15, 0.2) is 0 Å². The van der Waals surface area contributed by atoms with Crippen LogP contribution in [-0.2, 0) is 16.0 Å². The Bertz CT molecular complexity index is 1720. The van der Waals surface area contributed by atoms with Crippen LogP contribution in [0.25, 0.3) is 0 Å². The molecule has 0 fully saturated rings. The molecule has 4 aromatic rings. The molecule has 9 heteroatoms. The molecule has 2 heterocycles. The lowest BCUT2D eigenvalue weighted by Crippen LogP contribution is -2.31. The minimum absolute atomic E-state index is 0.0766. The number of nitrogens with zero attached hydrogens (tertiary/aromatic N) is 1. The van der Waals surface area contributed by atoms with Gasteiger partial charge in [0.25, 0.3) is 5.91 Å². The Labute approximate surface area is 259 Å². The van der Waals surface area contributed by atoms with Crippen LogP contribution in [0.1, 0.15) is 30.2 Å². The second kappa shape index (κ2) is 13.9. The van der Waals surface area contributed by atoms with Crippen molar-refractivity contribution in [1.82, 2.24) is 5.32 Å². The van der Waals surface area contributed by atoms with Crippen molar-refractivity contribution in [2.45, 2.75) is 26.2 Å². The molecule has 1 aliphatic rings. The summed E-state index contributed by atoms with van der Waals surface area (Å²) < 4.78 is 6.23. The molecule has 5 rings (SSSR count). The number of anilines is 2. The van der Waals surface area contributed by atoms with Crippen molar-refractivity contribution in [2.24, 2.45) is 0 Å². The Balaban J connectivity index is 1.46. The highest BCUT2D eigenvalue weighted by Gasteiger charge is 2.37. The van der Waals surface area contributed by atoms with E-state index in [1.807, 2.05) is 103 Å². The number of allylic oxidation sites excluding steroid dienone is 2. The maximum atomic E-state index is 13.8. The monoisotopic (exact) mass is 606 g/mol. The van der Waals surface area contributed by atoms with Crippen molar-refractivity contribution >= 4 is 46.3 Å². The first kappa shape index (κ1) is 29.7. The summed E-state index contributed by atoms with van der Waals surface area (Å²) >= 11 is 2.65. The number of dihydropyridines is 1. The topological polar surface area (TPSA) is 103 Å². The van der Waals surface area contributed by atoms with E-state index in [0.29, 0.717) is 39.1 Å². The third kappa shape index (κ3) is 7.17. The molecule has 0 radical (unpaired) electrons. The zero-order valence-electron chi connectivity index (χ0n) is 23.7. The molecule has 7 nitrogen and oxygen atoms in total. The van der Waals surface area contributed by atoms with E-state index < -0.39 is 5.92 Å². The highest BCUT2D eigenvalue weighted by molar-refractivity contribution is 8.03. The van der Waals surface area contributed by atoms with Crippen LogP contribution in [-0.4, -0.2) is 17.6 Å². The Morgan fingerprint density at radius 3 is 2.42 bits per heavy atom.